The Bertz CT molecular complexity index is 648. The van der Waals surface area contributed by atoms with Gasteiger partial charge in [0.25, 0.3) is 5.91 Å². The summed E-state index contributed by atoms with van der Waals surface area (Å²) < 4.78 is 14.8. The van der Waals surface area contributed by atoms with Crippen molar-refractivity contribution in [1.29, 1.82) is 0 Å². The molecule has 1 fully saturated rings. The molecule has 20 heavy (non-hydrogen) atoms. The summed E-state index contributed by atoms with van der Waals surface area (Å²) >= 11 is 0. The lowest BCUT2D eigenvalue weighted by Gasteiger charge is -2.16. The van der Waals surface area contributed by atoms with Crippen molar-refractivity contribution in [2.75, 3.05) is 6.54 Å². The third kappa shape index (κ3) is 2.41. The zero-order chi connectivity index (χ0) is 14.2. The first-order chi connectivity index (χ1) is 9.59. The van der Waals surface area contributed by atoms with Crippen molar-refractivity contribution in [2.45, 2.75) is 18.3 Å². The number of rotatable bonds is 4. The van der Waals surface area contributed by atoms with Crippen LogP contribution in [0.5, 0.6) is 0 Å². The average molecular weight is 274 g/mol. The van der Waals surface area contributed by atoms with Crippen LogP contribution in [0.15, 0.2) is 30.5 Å². The fourth-order valence-corrected chi connectivity index (χ4v) is 2.33. The summed E-state index contributed by atoms with van der Waals surface area (Å²) in [4.78, 5) is 11.9. The van der Waals surface area contributed by atoms with E-state index in [1.165, 1.54) is 10.7 Å². The second-order valence-corrected chi connectivity index (χ2v) is 5.25. The molecule has 3 rings (SSSR count). The molecule has 1 saturated carbocycles. The highest BCUT2D eigenvalue weighted by Gasteiger charge is 2.44. The third-order valence-electron chi connectivity index (χ3n) is 3.71. The molecule has 1 aliphatic carbocycles. The van der Waals surface area contributed by atoms with Crippen LogP contribution in [-0.2, 0) is 12.5 Å². The van der Waals surface area contributed by atoms with Gasteiger partial charge in [0.2, 0.25) is 0 Å². The lowest BCUT2D eigenvalue weighted by Crippen LogP contribution is -2.32. The zero-order valence-corrected chi connectivity index (χ0v) is 11.1. The summed E-state index contributed by atoms with van der Waals surface area (Å²) in [5.74, 6) is -0.491. The quantitative estimate of drug-likeness (QED) is 0.917. The van der Waals surface area contributed by atoms with Crippen LogP contribution in [0.2, 0.25) is 0 Å². The first-order valence-electron chi connectivity index (χ1n) is 6.50. The summed E-state index contributed by atoms with van der Waals surface area (Å²) in [6.07, 6.45) is 3.48. The minimum Gasteiger partial charge on any atom is -0.350 e. The Morgan fingerprint density at radius 2 is 2.30 bits per heavy atom. The second-order valence-electron chi connectivity index (χ2n) is 5.25. The number of carbonyl (C=O) groups is 1. The van der Waals surface area contributed by atoms with Gasteiger partial charge in [-0.25, -0.2) is 4.39 Å². The number of benzene rings is 1. The second kappa shape index (κ2) is 4.70. The number of hydrogen-bond acceptors (Lipinski definition) is 3. The fourth-order valence-electron chi connectivity index (χ4n) is 2.33. The number of aryl methyl sites for hydroxylation is 1. The predicted octanol–water partition coefficient (Wildman–Crippen LogP) is 1.42. The van der Waals surface area contributed by atoms with Crippen LogP contribution in [0.25, 0.3) is 0 Å². The summed E-state index contributed by atoms with van der Waals surface area (Å²) in [5.41, 5.74) is 1.11. The van der Waals surface area contributed by atoms with E-state index in [0.29, 0.717) is 12.2 Å². The fraction of sp³-hybridized carbons (Fsp3) is 0.357. The number of nitrogens with one attached hydrogen (secondary N) is 1. The molecule has 1 heterocycles. The number of nitrogens with zero attached hydrogens (tertiary/aromatic N) is 3. The molecule has 1 aromatic heterocycles. The monoisotopic (exact) mass is 274 g/mol. The van der Waals surface area contributed by atoms with Gasteiger partial charge < -0.3 is 5.32 Å². The van der Waals surface area contributed by atoms with Crippen LogP contribution in [0.3, 0.4) is 0 Å². The van der Waals surface area contributed by atoms with E-state index in [9.17, 15) is 9.18 Å². The van der Waals surface area contributed by atoms with Gasteiger partial charge >= 0.3 is 0 Å². The Hall–Kier alpha value is -2.24. The van der Waals surface area contributed by atoms with E-state index in [-0.39, 0.29) is 17.1 Å². The number of amides is 1. The van der Waals surface area contributed by atoms with Gasteiger partial charge in [-0.3, -0.25) is 9.48 Å². The Labute approximate surface area is 115 Å². The Kier molecular flexibility index (Phi) is 3.00. The van der Waals surface area contributed by atoms with Crippen LogP contribution in [0, 0.1) is 5.82 Å². The third-order valence-corrected chi connectivity index (χ3v) is 3.71. The maximum absolute atomic E-state index is 13.3. The molecule has 1 aromatic carbocycles. The molecule has 5 nitrogen and oxygen atoms in total. The van der Waals surface area contributed by atoms with E-state index >= 15 is 0 Å². The van der Waals surface area contributed by atoms with Gasteiger partial charge in [-0.1, -0.05) is 17.3 Å². The molecule has 0 radical (unpaired) electrons. The van der Waals surface area contributed by atoms with Crippen molar-refractivity contribution < 1.29 is 9.18 Å². The highest BCUT2D eigenvalue weighted by atomic mass is 19.1. The average Bonchev–Trinajstić information content (AvgIpc) is 3.11. The van der Waals surface area contributed by atoms with Crippen molar-refractivity contribution in [1.82, 2.24) is 20.3 Å². The molecular weight excluding hydrogens is 259 g/mol. The topological polar surface area (TPSA) is 59.8 Å². The molecule has 1 aliphatic rings. The van der Waals surface area contributed by atoms with E-state index in [1.807, 2.05) is 6.07 Å². The van der Waals surface area contributed by atoms with E-state index in [0.717, 1.165) is 18.4 Å². The van der Waals surface area contributed by atoms with Gasteiger partial charge in [-0.15, -0.1) is 5.10 Å². The maximum Gasteiger partial charge on any atom is 0.273 e. The SMILES string of the molecule is Cn1cc(C(=O)NCC2(c3cccc(F)c3)CC2)nn1. The molecule has 2 aromatic rings. The van der Waals surface area contributed by atoms with Gasteiger partial charge in [0.1, 0.15) is 5.82 Å². The maximum atomic E-state index is 13.3. The smallest absolute Gasteiger partial charge is 0.273 e. The van der Waals surface area contributed by atoms with Crippen LogP contribution in [0.1, 0.15) is 28.9 Å². The highest BCUT2D eigenvalue weighted by Crippen LogP contribution is 2.47. The Balaban J connectivity index is 1.68. The molecule has 104 valence electrons. The molecule has 0 bridgehead atoms. The van der Waals surface area contributed by atoms with Crippen molar-refractivity contribution in [2.24, 2.45) is 7.05 Å². The first-order valence-corrected chi connectivity index (χ1v) is 6.50. The van der Waals surface area contributed by atoms with Crippen molar-refractivity contribution in [3.8, 4) is 0 Å². The summed E-state index contributed by atoms with van der Waals surface area (Å²) in [5, 5.41) is 10.3. The number of aromatic nitrogens is 3. The minimum atomic E-state index is -0.249. The summed E-state index contributed by atoms with van der Waals surface area (Å²) in [6.45, 7) is 0.492. The largest absolute Gasteiger partial charge is 0.350 e. The molecular formula is C14H15FN4O. The Morgan fingerprint density at radius 1 is 1.50 bits per heavy atom. The van der Waals surface area contributed by atoms with Crippen LogP contribution >= 0.6 is 0 Å². The lowest BCUT2D eigenvalue weighted by atomic mass is 9.96. The molecule has 0 saturated heterocycles. The lowest BCUT2D eigenvalue weighted by molar-refractivity contribution is 0.0944. The predicted molar refractivity (Wildman–Crippen MR) is 70.6 cm³/mol. The van der Waals surface area contributed by atoms with E-state index in [1.54, 1.807) is 25.4 Å². The van der Waals surface area contributed by atoms with Crippen LogP contribution in [-0.4, -0.2) is 27.4 Å². The molecule has 1 amide bonds. The van der Waals surface area contributed by atoms with Crippen LogP contribution in [0.4, 0.5) is 4.39 Å². The standard InChI is InChI=1S/C14H15FN4O/c1-19-8-12(17-18-19)13(20)16-9-14(5-6-14)10-3-2-4-11(15)7-10/h2-4,7-8H,5-6,9H2,1H3,(H,16,20). The van der Waals surface area contributed by atoms with E-state index in [2.05, 4.69) is 15.6 Å². The van der Waals surface area contributed by atoms with Crippen molar-refractivity contribution in [3.63, 3.8) is 0 Å². The zero-order valence-electron chi connectivity index (χ0n) is 11.1. The first kappa shape index (κ1) is 12.8. The summed E-state index contributed by atoms with van der Waals surface area (Å²) in [6, 6.07) is 6.58. The van der Waals surface area contributed by atoms with Gasteiger partial charge in [0.15, 0.2) is 5.69 Å². The number of hydrogen-bond donors (Lipinski definition) is 1. The van der Waals surface area contributed by atoms with Crippen molar-refractivity contribution in [3.05, 3.63) is 47.5 Å². The van der Waals surface area contributed by atoms with Gasteiger partial charge in [0.05, 0.1) is 6.20 Å². The highest BCUT2D eigenvalue weighted by molar-refractivity contribution is 5.91. The van der Waals surface area contributed by atoms with Crippen LogP contribution < -0.4 is 5.32 Å². The molecule has 1 N–H and O–H groups in total. The Morgan fingerprint density at radius 3 is 2.90 bits per heavy atom. The molecule has 0 unspecified atom stereocenters. The van der Waals surface area contributed by atoms with Gasteiger partial charge in [-0.05, 0) is 30.5 Å². The summed E-state index contributed by atoms with van der Waals surface area (Å²) in [7, 11) is 1.71. The molecule has 0 atom stereocenters. The van der Waals surface area contributed by atoms with Gasteiger partial charge in [0, 0.05) is 19.0 Å². The molecule has 6 heteroatoms. The van der Waals surface area contributed by atoms with Gasteiger partial charge in [-0.2, -0.15) is 0 Å². The number of carbonyl (C=O) groups excluding carboxylic acids is 1. The van der Waals surface area contributed by atoms with E-state index in [4.69, 9.17) is 0 Å². The normalized spacial score (nSPS) is 15.9. The van der Waals surface area contributed by atoms with E-state index < -0.39 is 0 Å². The number of halogens is 1. The minimum absolute atomic E-state index is 0.125. The van der Waals surface area contributed by atoms with Crippen molar-refractivity contribution >= 4 is 5.91 Å². The molecule has 0 spiro atoms. The molecule has 0 aliphatic heterocycles.